The second-order valence-corrected chi connectivity index (χ2v) is 21.2. The van der Waals surface area contributed by atoms with Crippen LogP contribution in [-0.4, -0.2) is 60.6 Å². The van der Waals surface area contributed by atoms with Gasteiger partial charge in [-0.15, -0.1) is 0 Å². The minimum absolute atomic E-state index is 0.329. The second-order valence-electron chi connectivity index (χ2n) is 18.5. The lowest BCUT2D eigenvalue weighted by Crippen LogP contribution is -2.25. The molecule has 0 amide bonds. The highest BCUT2D eigenvalue weighted by atomic mass is 32.2. The number of hydrogen-bond acceptors (Lipinski definition) is 5. The first kappa shape index (κ1) is 59.6. The zero-order valence-electron chi connectivity index (χ0n) is 41.5. The third-order valence-corrected chi connectivity index (χ3v) is 15.7. The van der Waals surface area contributed by atoms with Crippen molar-refractivity contribution in [3.8, 4) is 0 Å². The fourth-order valence-corrected chi connectivity index (χ4v) is 11.1. The Balaban J connectivity index is 4.37. The van der Waals surface area contributed by atoms with E-state index in [1.807, 2.05) is 0 Å². The average Bonchev–Trinajstić information content (AvgIpc) is 3.24. The van der Waals surface area contributed by atoms with E-state index in [0.29, 0.717) is 22.7 Å². The van der Waals surface area contributed by atoms with Crippen LogP contribution in [0.1, 0.15) is 286 Å². The van der Waals surface area contributed by atoms with Crippen LogP contribution in [-0.2, 0) is 14.2 Å². The minimum Gasteiger partial charge on any atom is -0.381 e. The van der Waals surface area contributed by atoms with Gasteiger partial charge < -0.3 is 14.2 Å². The van der Waals surface area contributed by atoms with Crippen molar-refractivity contribution in [2.24, 2.45) is 0 Å². The lowest BCUT2D eigenvalue weighted by atomic mass is 10.1. The van der Waals surface area contributed by atoms with Crippen LogP contribution >= 0.6 is 23.5 Å². The summed E-state index contributed by atoms with van der Waals surface area (Å²) in [4.78, 5) is 0. The number of unbranched alkanes of at least 4 members (excludes halogenated alkanes) is 30. The lowest BCUT2D eigenvalue weighted by molar-refractivity contribution is 0.0250. The maximum absolute atomic E-state index is 6.47. The van der Waals surface area contributed by atoms with Crippen LogP contribution in [0.5, 0.6) is 0 Å². The largest absolute Gasteiger partial charge is 0.381 e. The fourth-order valence-electron chi connectivity index (χ4n) is 8.34. The minimum atomic E-state index is 0.329. The molecule has 0 aliphatic carbocycles. The van der Waals surface area contributed by atoms with Gasteiger partial charge in [-0.05, 0) is 63.9 Å². The number of hydrogen-bond donors (Lipinski definition) is 0. The van der Waals surface area contributed by atoms with Gasteiger partial charge in [-0.1, -0.05) is 233 Å². The van der Waals surface area contributed by atoms with E-state index >= 15 is 0 Å². The lowest BCUT2D eigenvalue weighted by Gasteiger charge is -2.24. The Morgan fingerprint density at radius 1 is 0.288 bits per heavy atom. The molecule has 0 N–H and O–H groups in total. The van der Waals surface area contributed by atoms with E-state index < -0.39 is 0 Å². The molecule has 3 nitrogen and oxygen atoms in total. The van der Waals surface area contributed by atoms with Crippen molar-refractivity contribution in [3.05, 3.63) is 0 Å². The third kappa shape index (κ3) is 45.0. The maximum Gasteiger partial charge on any atom is 0.0665 e. The first-order chi connectivity index (χ1) is 29.1. The Kier molecular flexibility index (Phi) is 51.7. The van der Waals surface area contributed by atoms with Gasteiger partial charge in [0.1, 0.15) is 0 Å². The van der Waals surface area contributed by atoms with Gasteiger partial charge in [0.05, 0.1) is 12.2 Å². The molecule has 0 spiro atoms. The van der Waals surface area contributed by atoms with Crippen molar-refractivity contribution in [1.82, 2.24) is 0 Å². The van der Waals surface area contributed by atoms with Crippen molar-refractivity contribution in [1.29, 1.82) is 0 Å². The van der Waals surface area contributed by atoms with Crippen LogP contribution < -0.4 is 0 Å². The predicted molar refractivity (Wildman–Crippen MR) is 272 cm³/mol. The summed E-state index contributed by atoms with van der Waals surface area (Å²) < 4.78 is 19.0. The first-order valence-electron chi connectivity index (χ1n) is 27.1. The topological polar surface area (TPSA) is 27.7 Å². The van der Waals surface area contributed by atoms with E-state index in [2.05, 4.69) is 65.1 Å². The normalized spacial score (nSPS) is 13.9. The predicted octanol–water partition coefficient (Wildman–Crippen LogP) is 18.9. The fraction of sp³-hybridized carbons (Fsp3) is 1.00. The molecule has 59 heavy (non-hydrogen) atoms. The summed E-state index contributed by atoms with van der Waals surface area (Å²) in [6.45, 7) is 17.2. The highest BCUT2D eigenvalue weighted by Gasteiger charge is 2.19. The van der Waals surface area contributed by atoms with Gasteiger partial charge in [-0.3, -0.25) is 0 Å². The van der Waals surface area contributed by atoms with Gasteiger partial charge in [0.2, 0.25) is 0 Å². The number of thioether (sulfide) groups is 2. The van der Waals surface area contributed by atoms with Gasteiger partial charge in [-0.25, -0.2) is 0 Å². The van der Waals surface area contributed by atoms with Crippen LogP contribution in [0.15, 0.2) is 0 Å². The first-order valence-corrected chi connectivity index (χ1v) is 29.2. The molecule has 0 saturated carbocycles. The molecular formula is C54H110O3S2. The third-order valence-electron chi connectivity index (χ3n) is 12.5. The maximum atomic E-state index is 6.47. The molecule has 0 aromatic rings. The molecule has 5 heteroatoms. The molecule has 0 aliphatic rings. The molecule has 356 valence electrons. The molecule has 0 aromatic carbocycles. The van der Waals surface area contributed by atoms with E-state index in [1.54, 1.807) is 0 Å². The molecule has 4 atom stereocenters. The van der Waals surface area contributed by atoms with Crippen LogP contribution in [0.25, 0.3) is 0 Å². The van der Waals surface area contributed by atoms with Crippen molar-refractivity contribution < 1.29 is 14.2 Å². The van der Waals surface area contributed by atoms with Gasteiger partial charge >= 0.3 is 0 Å². The van der Waals surface area contributed by atoms with Gasteiger partial charge in [0, 0.05) is 36.9 Å². The Labute approximate surface area is 382 Å². The van der Waals surface area contributed by atoms with Crippen LogP contribution in [0, 0.1) is 0 Å². The highest BCUT2D eigenvalue weighted by molar-refractivity contribution is 8.00. The molecule has 0 heterocycles. The summed E-state index contributed by atoms with van der Waals surface area (Å²) >= 11 is 4.42. The molecule has 0 radical (unpaired) electrons. The summed E-state index contributed by atoms with van der Waals surface area (Å²) in [6.07, 6.45) is 53.1. The SMILES string of the molecule is CCCCCCCCCCCCSC(CCCCCCCCC)C(C)OCCCOCCCOC(C)C(CCCCCCCCC)SCCCCCCCCCCCC. The summed E-state index contributed by atoms with van der Waals surface area (Å²) in [7, 11) is 0. The zero-order chi connectivity index (χ0) is 43.0. The summed E-state index contributed by atoms with van der Waals surface area (Å²) in [5.41, 5.74) is 0. The second kappa shape index (κ2) is 51.2. The van der Waals surface area contributed by atoms with Gasteiger partial charge in [0.15, 0.2) is 0 Å². The molecule has 0 bridgehead atoms. The van der Waals surface area contributed by atoms with Crippen LogP contribution in [0.3, 0.4) is 0 Å². The Hall–Kier alpha value is 0.580. The Bertz CT molecular complexity index is 693. The van der Waals surface area contributed by atoms with Crippen molar-refractivity contribution in [2.75, 3.05) is 37.9 Å². The van der Waals surface area contributed by atoms with E-state index in [9.17, 15) is 0 Å². The van der Waals surface area contributed by atoms with E-state index in [1.165, 1.54) is 243 Å². The molecule has 0 aliphatic heterocycles. The van der Waals surface area contributed by atoms with Crippen LogP contribution in [0.2, 0.25) is 0 Å². The molecule has 0 saturated heterocycles. The van der Waals surface area contributed by atoms with Crippen molar-refractivity contribution >= 4 is 23.5 Å². The Morgan fingerprint density at radius 3 is 0.831 bits per heavy atom. The zero-order valence-corrected chi connectivity index (χ0v) is 43.1. The van der Waals surface area contributed by atoms with Gasteiger partial charge in [0.25, 0.3) is 0 Å². The number of rotatable bonds is 52. The van der Waals surface area contributed by atoms with E-state index in [-0.39, 0.29) is 0 Å². The van der Waals surface area contributed by atoms with E-state index in [4.69, 9.17) is 14.2 Å². The highest BCUT2D eigenvalue weighted by Crippen LogP contribution is 2.27. The van der Waals surface area contributed by atoms with Crippen molar-refractivity contribution in [2.45, 2.75) is 308 Å². The van der Waals surface area contributed by atoms with Gasteiger partial charge in [-0.2, -0.15) is 23.5 Å². The molecule has 4 unspecified atom stereocenters. The smallest absolute Gasteiger partial charge is 0.0665 e. The molecular weight excluding hydrogens is 761 g/mol. The Morgan fingerprint density at radius 2 is 0.542 bits per heavy atom. The summed E-state index contributed by atoms with van der Waals surface area (Å²) in [5, 5.41) is 1.26. The van der Waals surface area contributed by atoms with E-state index in [0.717, 1.165) is 39.3 Å². The average molecular weight is 872 g/mol. The van der Waals surface area contributed by atoms with Crippen LogP contribution in [0.4, 0.5) is 0 Å². The molecule has 0 aromatic heterocycles. The molecule has 0 fully saturated rings. The monoisotopic (exact) mass is 871 g/mol. The molecule has 0 rings (SSSR count). The summed E-state index contributed by atoms with van der Waals surface area (Å²) in [6, 6.07) is 0. The standard InChI is InChI=1S/C54H110O3S2/c1-7-11-15-19-23-25-27-31-35-39-49-58-53(43-37-33-29-21-17-13-9-3)51(5)56-47-41-45-55-46-42-48-57-52(6)54(44-38-34-30-22-18-14-10-4)59-50-40-36-32-28-26-24-20-16-12-8-2/h51-54H,7-50H2,1-6H3. The summed E-state index contributed by atoms with van der Waals surface area (Å²) in [5.74, 6) is 2.60. The quantitative estimate of drug-likeness (QED) is 0.0568. The number of ether oxygens (including phenoxy) is 3. The van der Waals surface area contributed by atoms with Crippen molar-refractivity contribution in [3.63, 3.8) is 0 Å².